The van der Waals surface area contributed by atoms with Crippen molar-refractivity contribution in [3.8, 4) is 11.3 Å². The third kappa shape index (κ3) is 2.16. The zero-order chi connectivity index (χ0) is 9.10. The van der Waals surface area contributed by atoms with Gasteiger partial charge in [0.15, 0.2) is 0 Å². The number of aromatic nitrogens is 2. The fourth-order valence-corrected chi connectivity index (χ4v) is 1.23. The van der Waals surface area contributed by atoms with E-state index in [9.17, 15) is 0 Å². The topological polar surface area (TPSA) is 25.8 Å². The fraction of sp³-hybridized carbons (Fsp3) is 0.167. The van der Waals surface area contributed by atoms with Gasteiger partial charge in [-0.25, -0.2) is 0 Å². The molecule has 0 N–H and O–H groups in total. The second kappa shape index (κ2) is 4.51. The predicted molar refractivity (Wildman–Crippen MR) is 58.9 cm³/mol. The Bertz CT molecular complexity index is 396. The highest BCUT2D eigenvalue weighted by Crippen LogP contribution is 2.15. The van der Waals surface area contributed by atoms with Crippen molar-refractivity contribution in [2.45, 2.75) is 14.4 Å². The summed E-state index contributed by atoms with van der Waals surface area (Å²) in [6.07, 6.45) is 5.46. The van der Waals surface area contributed by atoms with Crippen LogP contribution in [0.5, 0.6) is 0 Å². The van der Waals surface area contributed by atoms with Gasteiger partial charge in [0.05, 0.1) is 5.69 Å². The van der Waals surface area contributed by atoms with Crippen LogP contribution in [0.2, 0.25) is 0 Å². The molecule has 0 saturated carbocycles. The Kier molecular flexibility index (Phi) is 3.35. The molecule has 2 rings (SSSR count). The summed E-state index contributed by atoms with van der Waals surface area (Å²) in [5.41, 5.74) is 3.20. The Morgan fingerprint density at radius 1 is 1.14 bits per heavy atom. The molecule has 2 heteroatoms. The average molecular weight is 186 g/mol. The molecule has 0 aromatic carbocycles. The number of pyridine rings is 2. The normalized spacial score (nSPS) is 9.21. The maximum atomic E-state index is 4.25. The molecule has 2 aromatic rings. The van der Waals surface area contributed by atoms with Crippen LogP contribution in [0.3, 0.4) is 0 Å². The van der Waals surface area contributed by atoms with Crippen LogP contribution in [0.1, 0.15) is 13.0 Å². The lowest BCUT2D eigenvalue weighted by Gasteiger charge is -1.99. The van der Waals surface area contributed by atoms with E-state index in [1.807, 2.05) is 37.5 Å². The van der Waals surface area contributed by atoms with Gasteiger partial charge in [-0.15, -0.1) is 0 Å². The molecule has 0 aliphatic rings. The van der Waals surface area contributed by atoms with Gasteiger partial charge in [0.2, 0.25) is 0 Å². The van der Waals surface area contributed by atoms with Crippen molar-refractivity contribution >= 4 is 0 Å². The molecular formula is C12H14N2. The molecule has 2 aromatic heterocycles. The molecule has 0 amide bonds. The fourth-order valence-electron chi connectivity index (χ4n) is 1.23. The molecule has 0 aliphatic heterocycles. The molecule has 14 heavy (non-hydrogen) atoms. The third-order valence-electron chi connectivity index (χ3n) is 1.84. The van der Waals surface area contributed by atoms with Crippen molar-refractivity contribution in [1.29, 1.82) is 0 Å². The van der Waals surface area contributed by atoms with Gasteiger partial charge in [-0.3, -0.25) is 9.97 Å². The van der Waals surface area contributed by atoms with E-state index in [0.29, 0.717) is 0 Å². The summed E-state index contributed by atoms with van der Waals surface area (Å²) in [4.78, 5) is 8.37. The first kappa shape index (κ1) is 10.4. The maximum Gasteiger partial charge on any atom is 0.0717 e. The summed E-state index contributed by atoms with van der Waals surface area (Å²) in [6, 6.07) is 7.95. The Hall–Kier alpha value is -1.70. The van der Waals surface area contributed by atoms with E-state index in [4.69, 9.17) is 0 Å². The number of rotatable bonds is 1. The van der Waals surface area contributed by atoms with Crippen LogP contribution in [-0.4, -0.2) is 9.97 Å². The highest BCUT2D eigenvalue weighted by Gasteiger charge is 1.97. The Balaban J connectivity index is 0.000000980. The van der Waals surface area contributed by atoms with E-state index < -0.39 is 0 Å². The van der Waals surface area contributed by atoms with E-state index in [2.05, 4.69) is 16.0 Å². The zero-order valence-corrected chi connectivity index (χ0v) is 7.44. The van der Waals surface area contributed by atoms with Crippen LogP contribution in [-0.2, 0) is 0 Å². The Morgan fingerprint density at radius 2 is 2.00 bits per heavy atom. The molecule has 2 heterocycles. The van der Waals surface area contributed by atoms with Gasteiger partial charge in [-0.2, -0.15) is 0 Å². The van der Waals surface area contributed by atoms with Crippen molar-refractivity contribution < 1.29 is 0 Å². The molecule has 2 nitrogen and oxygen atoms in total. The van der Waals surface area contributed by atoms with Crippen LogP contribution < -0.4 is 0 Å². The number of aryl methyl sites for hydroxylation is 1. The van der Waals surface area contributed by atoms with Crippen molar-refractivity contribution in [2.75, 3.05) is 0 Å². The summed E-state index contributed by atoms with van der Waals surface area (Å²) in [5, 5.41) is 0. The van der Waals surface area contributed by atoms with Gasteiger partial charge in [-0.05, 0) is 30.7 Å². The number of hydrogen-bond donors (Lipinski definition) is 0. The second-order valence-corrected chi connectivity index (χ2v) is 2.97. The van der Waals surface area contributed by atoms with Gasteiger partial charge >= 0.3 is 0 Å². The lowest BCUT2D eigenvalue weighted by molar-refractivity contribution is 1.24. The lowest BCUT2D eigenvalue weighted by atomic mass is 10.1. The van der Waals surface area contributed by atoms with E-state index in [1.165, 1.54) is 0 Å². The average Bonchev–Trinajstić information content (AvgIpc) is 2.19. The van der Waals surface area contributed by atoms with Crippen LogP contribution in [0.15, 0.2) is 42.9 Å². The van der Waals surface area contributed by atoms with Crippen LogP contribution >= 0.6 is 0 Å². The first-order chi connectivity index (χ1) is 6.36. The molecule has 0 radical (unpaired) electrons. The first-order valence-electron chi connectivity index (χ1n) is 4.19. The molecular weight excluding hydrogens is 172 g/mol. The third-order valence-corrected chi connectivity index (χ3v) is 1.84. The SMILES string of the molecule is C.Cc1cncc(-c2ccccn2)c1. The minimum Gasteiger partial charge on any atom is -0.264 e. The quantitative estimate of drug-likeness (QED) is 0.684. The highest BCUT2D eigenvalue weighted by molar-refractivity contribution is 5.57. The number of nitrogens with zero attached hydrogens (tertiary/aromatic N) is 2. The van der Waals surface area contributed by atoms with E-state index >= 15 is 0 Å². The minimum absolute atomic E-state index is 0. The van der Waals surface area contributed by atoms with Crippen molar-refractivity contribution in [2.24, 2.45) is 0 Å². The van der Waals surface area contributed by atoms with Gasteiger partial charge < -0.3 is 0 Å². The molecule has 0 aliphatic carbocycles. The molecule has 0 saturated heterocycles. The predicted octanol–water partition coefficient (Wildman–Crippen LogP) is 3.09. The standard InChI is InChI=1S/C11H10N2.CH4/c1-9-6-10(8-12-7-9)11-4-2-3-5-13-11;/h2-8H,1H3;1H4. The molecule has 0 fully saturated rings. The summed E-state index contributed by atoms with van der Waals surface area (Å²) in [6.45, 7) is 2.03. The monoisotopic (exact) mass is 186 g/mol. The second-order valence-electron chi connectivity index (χ2n) is 2.97. The summed E-state index contributed by atoms with van der Waals surface area (Å²) in [5.74, 6) is 0. The zero-order valence-electron chi connectivity index (χ0n) is 7.44. The lowest BCUT2D eigenvalue weighted by Crippen LogP contribution is -1.84. The molecule has 0 unspecified atom stereocenters. The van der Waals surface area contributed by atoms with Crippen molar-refractivity contribution in [3.05, 3.63) is 48.4 Å². The van der Waals surface area contributed by atoms with Crippen molar-refractivity contribution in [1.82, 2.24) is 9.97 Å². The minimum atomic E-state index is 0. The van der Waals surface area contributed by atoms with Crippen molar-refractivity contribution in [3.63, 3.8) is 0 Å². The van der Waals surface area contributed by atoms with Crippen LogP contribution in [0.4, 0.5) is 0 Å². The molecule has 72 valence electrons. The molecule has 0 spiro atoms. The Labute approximate surface area is 84.7 Å². The van der Waals surface area contributed by atoms with Gasteiger partial charge in [0.25, 0.3) is 0 Å². The van der Waals surface area contributed by atoms with Crippen LogP contribution in [0.25, 0.3) is 11.3 Å². The maximum absolute atomic E-state index is 4.25. The summed E-state index contributed by atoms with van der Waals surface area (Å²) in [7, 11) is 0. The summed E-state index contributed by atoms with van der Waals surface area (Å²) < 4.78 is 0. The van der Waals surface area contributed by atoms with E-state index in [-0.39, 0.29) is 7.43 Å². The van der Waals surface area contributed by atoms with Gasteiger partial charge in [0.1, 0.15) is 0 Å². The van der Waals surface area contributed by atoms with Crippen LogP contribution in [0, 0.1) is 6.92 Å². The summed E-state index contributed by atoms with van der Waals surface area (Å²) >= 11 is 0. The van der Waals surface area contributed by atoms with E-state index in [1.54, 1.807) is 6.20 Å². The Morgan fingerprint density at radius 3 is 2.64 bits per heavy atom. The van der Waals surface area contributed by atoms with Gasteiger partial charge in [0, 0.05) is 24.2 Å². The first-order valence-corrected chi connectivity index (χ1v) is 4.19. The van der Waals surface area contributed by atoms with Gasteiger partial charge in [-0.1, -0.05) is 13.5 Å². The smallest absolute Gasteiger partial charge is 0.0717 e. The molecule has 0 atom stereocenters. The highest BCUT2D eigenvalue weighted by atomic mass is 14.7. The number of hydrogen-bond acceptors (Lipinski definition) is 2. The largest absolute Gasteiger partial charge is 0.264 e. The van der Waals surface area contributed by atoms with E-state index in [0.717, 1.165) is 16.8 Å². The molecule has 0 bridgehead atoms.